The molecule has 1 aromatic carbocycles. The molecule has 0 saturated carbocycles. The van der Waals surface area contributed by atoms with E-state index in [-0.39, 0.29) is 17.8 Å². The van der Waals surface area contributed by atoms with Crippen molar-refractivity contribution in [1.82, 2.24) is 4.90 Å². The smallest absolute Gasteiger partial charge is 0.310 e. The maximum absolute atomic E-state index is 12.3. The highest BCUT2D eigenvalue weighted by Gasteiger charge is 2.20. The van der Waals surface area contributed by atoms with Crippen LogP contribution in [0.2, 0.25) is 0 Å². The molecule has 1 amide bonds. The fourth-order valence-corrected chi connectivity index (χ4v) is 2.08. The number of rotatable bonds is 5. The SMILES string of the molecule is COC(=O)C(C)CN(C)C(=O)c1ccc(N(C)C)c(N)c1. The third-order valence-electron chi connectivity index (χ3n) is 3.25. The highest BCUT2D eigenvalue weighted by Crippen LogP contribution is 2.23. The van der Waals surface area contributed by atoms with Gasteiger partial charge >= 0.3 is 5.97 Å². The number of esters is 1. The van der Waals surface area contributed by atoms with Crippen LogP contribution in [-0.2, 0) is 9.53 Å². The predicted octanol–water partition coefficient (Wildman–Crippen LogP) is 1.22. The van der Waals surface area contributed by atoms with Crippen molar-refractivity contribution in [1.29, 1.82) is 0 Å². The van der Waals surface area contributed by atoms with E-state index in [0.29, 0.717) is 17.8 Å². The van der Waals surface area contributed by atoms with Gasteiger partial charge in [-0.05, 0) is 18.2 Å². The number of ether oxygens (including phenoxy) is 1. The molecule has 1 rings (SSSR count). The van der Waals surface area contributed by atoms with Crippen LogP contribution < -0.4 is 10.6 Å². The first kappa shape index (κ1) is 16.8. The zero-order valence-electron chi connectivity index (χ0n) is 13.2. The Bertz CT molecular complexity index is 529. The summed E-state index contributed by atoms with van der Waals surface area (Å²) in [6, 6.07) is 5.18. The molecule has 1 unspecified atom stereocenters. The Morgan fingerprint density at radius 1 is 1.29 bits per heavy atom. The van der Waals surface area contributed by atoms with Crippen LogP contribution in [0.1, 0.15) is 17.3 Å². The number of amides is 1. The van der Waals surface area contributed by atoms with Crippen LogP contribution in [0.15, 0.2) is 18.2 Å². The first-order chi connectivity index (χ1) is 9.77. The second-order valence-electron chi connectivity index (χ2n) is 5.28. The predicted molar refractivity (Wildman–Crippen MR) is 83.3 cm³/mol. The molecule has 6 nitrogen and oxygen atoms in total. The summed E-state index contributed by atoms with van der Waals surface area (Å²) in [4.78, 5) is 27.1. The Hall–Kier alpha value is -2.24. The number of nitrogens with two attached hydrogens (primary N) is 1. The first-order valence-corrected chi connectivity index (χ1v) is 6.68. The van der Waals surface area contributed by atoms with E-state index in [2.05, 4.69) is 4.74 Å². The van der Waals surface area contributed by atoms with E-state index in [1.807, 2.05) is 19.0 Å². The van der Waals surface area contributed by atoms with Crippen molar-refractivity contribution in [3.05, 3.63) is 23.8 Å². The number of methoxy groups -OCH3 is 1. The quantitative estimate of drug-likeness (QED) is 0.652. The molecule has 0 aliphatic heterocycles. The summed E-state index contributed by atoms with van der Waals surface area (Å²) in [7, 11) is 6.76. The van der Waals surface area contributed by atoms with Crippen molar-refractivity contribution < 1.29 is 14.3 Å². The van der Waals surface area contributed by atoms with Crippen LogP contribution in [0.25, 0.3) is 0 Å². The number of nitrogens with zero attached hydrogens (tertiary/aromatic N) is 2. The number of benzene rings is 1. The van der Waals surface area contributed by atoms with E-state index in [9.17, 15) is 9.59 Å². The molecule has 0 aliphatic rings. The molecule has 1 atom stereocenters. The lowest BCUT2D eigenvalue weighted by Gasteiger charge is -2.21. The maximum Gasteiger partial charge on any atom is 0.310 e. The van der Waals surface area contributed by atoms with Gasteiger partial charge in [0.1, 0.15) is 0 Å². The largest absolute Gasteiger partial charge is 0.469 e. The number of hydrogen-bond acceptors (Lipinski definition) is 5. The molecule has 0 radical (unpaired) electrons. The van der Waals surface area contributed by atoms with Gasteiger partial charge in [0.05, 0.1) is 24.4 Å². The van der Waals surface area contributed by atoms with Crippen molar-refractivity contribution in [2.75, 3.05) is 45.4 Å². The van der Waals surface area contributed by atoms with Crippen LogP contribution in [0.5, 0.6) is 0 Å². The van der Waals surface area contributed by atoms with E-state index >= 15 is 0 Å². The number of nitrogen functional groups attached to an aromatic ring is 1. The molecule has 0 saturated heterocycles. The highest BCUT2D eigenvalue weighted by molar-refractivity contribution is 5.96. The lowest BCUT2D eigenvalue weighted by atomic mass is 10.1. The highest BCUT2D eigenvalue weighted by atomic mass is 16.5. The molecule has 2 N–H and O–H groups in total. The Labute approximate surface area is 125 Å². The summed E-state index contributed by atoms with van der Waals surface area (Å²) in [5.74, 6) is -0.887. The third-order valence-corrected chi connectivity index (χ3v) is 3.25. The van der Waals surface area contributed by atoms with Crippen molar-refractivity contribution in [3.63, 3.8) is 0 Å². The van der Waals surface area contributed by atoms with E-state index in [1.54, 1.807) is 32.2 Å². The zero-order chi connectivity index (χ0) is 16.2. The molecular formula is C15H23N3O3. The lowest BCUT2D eigenvalue weighted by molar-refractivity contribution is -0.145. The summed E-state index contributed by atoms with van der Waals surface area (Å²) < 4.78 is 4.66. The summed E-state index contributed by atoms with van der Waals surface area (Å²) in [6.45, 7) is 2.01. The van der Waals surface area contributed by atoms with Crippen LogP contribution >= 0.6 is 0 Å². The van der Waals surface area contributed by atoms with Gasteiger partial charge in [-0.1, -0.05) is 6.92 Å². The minimum atomic E-state index is -0.373. The van der Waals surface area contributed by atoms with Crippen LogP contribution in [0, 0.1) is 5.92 Å². The molecule has 0 aliphatic carbocycles. The van der Waals surface area contributed by atoms with Gasteiger partial charge in [-0.25, -0.2) is 0 Å². The van der Waals surface area contributed by atoms with Gasteiger partial charge in [0.15, 0.2) is 0 Å². The maximum atomic E-state index is 12.3. The van der Waals surface area contributed by atoms with Gasteiger partial charge in [0.2, 0.25) is 0 Å². The molecule has 6 heteroatoms. The second kappa shape index (κ2) is 6.97. The van der Waals surface area contributed by atoms with Crippen molar-refractivity contribution in [2.24, 2.45) is 5.92 Å². The van der Waals surface area contributed by atoms with Crippen LogP contribution in [-0.4, -0.2) is 51.6 Å². The lowest BCUT2D eigenvalue weighted by Crippen LogP contribution is -2.34. The van der Waals surface area contributed by atoms with E-state index in [0.717, 1.165) is 5.69 Å². The second-order valence-corrected chi connectivity index (χ2v) is 5.28. The molecular weight excluding hydrogens is 270 g/mol. The fraction of sp³-hybridized carbons (Fsp3) is 0.467. The summed E-state index contributed by atoms with van der Waals surface area (Å²) in [5, 5.41) is 0. The monoisotopic (exact) mass is 293 g/mol. The molecule has 0 spiro atoms. The standard InChI is InChI=1S/C15H23N3O3/c1-10(15(20)21-5)9-18(4)14(19)11-6-7-13(17(2)3)12(16)8-11/h6-8,10H,9,16H2,1-5H3. The molecule has 0 fully saturated rings. The Kier molecular flexibility index (Phi) is 5.58. The van der Waals surface area contributed by atoms with Crippen molar-refractivity contribution >= 4 is 23.3 Å². The molecule has 116 valence electrons. The van der Waals surface area contributed by atoms with Crippen LogP contribution in [0.3, 0.4) is 0 Å². The Morgan fingerprint density at radius 2 is 1.90 bits per heavy atom. The van der Waals surface area contributed by atoms with E-state index in [4.69, 9.17) is 5.73 Å². The van der Waals surface area contributed by atoms with Crippen LogP contribution in [0.4, 0.5) is 11.4 Å². The van der Waals surface area contributed by atoms with Gasteiger partial charge in [0, 0.05) is 33.3 Å². The number of carbonyl (C=O) groups is 2. The summed E-state index contributed by atoms with van der Waals surface area (Å²) in [6.07, 6.45) is 0. The van der Waals surface area contributed by atoms with Crippen molar-refractivity contribution in [3.8, 4) is 0 Å². The van der Waals surface area contributed by atoms with Crippen molar-refractivity contribution in [2.45, 2.75) is 6.92 Å². The Morgan fingerprint density at radius 3 is 2.38 bits per heavy atom. The summed E-state index contributed by atoms with van der Waals surface area (Å²) >= 11 is 0. The molecule has 0 heterocycles. The van der Waals surface area contributed by atoms with Gasteiger partial charge in [0.25, 0.3) is 5.91 Å². The van der Waals surface area contributed by atoms with Gasteiger partial charge in [-0.2, -0.15) is 0 Å². The minimum Gasteiger partial charge on any atom is -0.469 e. The molecule has 0 aromatic heterocycles. The topological polar surface area (TPSA) is 75.9 Å². The average Bonchev–Trinajstić information content (AvgIpc) is 2.44. The molecule has 0 bridgehead atoms. The first-order valence-electron chi connectivity index (χ1n) is 6.68. The number of carbonyl (C=O) groups excluding carboxylic acids is 2. The Balaban J connectivity index is 2.83. The van der Waals surface area contributed by atoms with Gasteiger partial charge in [-0.3, -0.25) is 9.59 Å². The normalized spacial score (nSPS) is 11.7. The van der Waals surface area contributed by atoms with E-state index in [1.165, 1.54) is 12.0 Å². The molecule has 21 heavy (non-hydrogen) atoms. The number of anilines is 2. The van der Waals surface area contributed by atoms with Gasteiger partial charge < -0.3 is 20.3 Å². The van der Waals surface area contributed by atoms with E-state index < -0.39 is 0 Å². The minimum absolute atomic E-state index is 0.178. The summed E-state index contributed by atoms with van der Waals surface area (Å²) in [5.41, 5.74) is 7.84. The average molecular weight is 293 g/mol. The number of hydrogen-bond donors (Lipinski definition) is 1. The van der Waals surface area contributed by atoms with Gasteiger partial charge in [-0.15, -0.1) is 0 Å². The zero-order valence-corrected chi connectivity index (χ0v) is 13.2. The third kappa shape index (κ3) is 4.11. The fourth-order valence-electron chi connectivity index (χ4n) is 2.08. The molecule has 1 aromatic rings.